The molecule has 0 fully saturated rings. The van der Waals surface area contributed by atoms with Crippen molar-refractivity contribution < 1.29 is 22.8 Å². The average molecular weight is 410 g/mol. The zero-order valence-electron chi connectivity index (χ0n) is 16.1. The third-order valence-corrected chi connectivity index (χ3v) is 3.83. The summed E-state index contributed by atoms with van der Waals surface area (Å²) in [6.45, 7) is 5.06. The summed E-state index contributed by atoms with van der Waals surface area (Å²) < 4.78 is 40.0. The molecule has 0 aliphatic carbocycles. The van der Waals surface area contributed by atoms with E-state index >= 15 is 0 Å². The number of nitrogens with one attached hydrogen (secondary N) is 2. The number of hydrogen-bond acceptors (Lipinski definition) is 4. The fraction of sp³-hybridized carbons (Fsp3) is 0.368. The highest BCUT2D eigenvalue weighted by molar-refractivity contribution is 5.92. The van der Waals surface area contributed by atoms with Gasteiger partial charge in [-0.3, -0.25) is 14.4 Å². The molecule has 1 heterocycles. The van der Waals surface area contributed by atoms with Crippen LogP contribution in [0.3, 0.4) is 0 Å². The summed E-state index contributed by atoms with van der Waals surface area (Å²) in [5.74, 6) is -1.08. The second-order valence-electron chi connectivity index (χ2n) is 6.69. The molecule has 0 aliphatic heterocycles. The van der Waals surface area contributed by atoms with E-state index in [4.69, 9.17) is 0 Å². The molecule has 0 bridgehead atoms. The van der Waals surface area contributed by atoms with Crippen molar-refractivity contribution in [2.45, 2.75) is 39.4 Å². The highest BCUT2D eigenvalue weighted by atomic mass is 19.4. The van der Waals surface area contributed by atoms with Crippen LogP contribution in [0, 0.1) is 6.92 Å². The average Bonchev–Trinajstić information content (AvgIpc) is 2.60. The van der Waals surface area contributed by atoms with E-state index in [1.807, 2.05) is 0 Å². The van der Waals surface area contributed by atoms with Crippen LogP contribution >= 0.6 is 0 Å². The van der Waals surface area contributed by atoms with Gasteiger partial charge < -0.3 is 10.6 Å². The van der Waals surface area contributed by atoms with Gasteiger partial charge in [0.2, 0.25) is 11.3 Å². The Morgan fingerprint density at radius 2 is 1.90 bits per heavy atom. The Bertz CT molecular complexity index is 968. The van der Waals surface area contributed by atoms with Crippen LogP contribution in [-0.2, 0) is 11.0 Å². The molecule has 0 saturated heterocycles. The first-order valence-corrected chi connectivity index (χ1v) is 8.85. The molecular weight excluding hydrogens is 389 g/mol. The number of carbonyl (C=O) groups is 2. The third kappa shape index (κ3) is 5.90. The monoisotopic (exact) mass is 410 g/mol. The van der Waals surface area contributed by atoms with Crippen molar-refractivity contribution in [1.29, 1.82) is 0 Å². The van der Waals surface area contributed by atoms with Gasteiger partial charge in [0.05, 0.1) is 11.3 Å². The predicted molar refractivity (Wildman–Crippen MR) is 99.8 cm³/mol. The van der Waals surface area contributed by atoms with Crippen LogP contribution in [0.15, 0.2) is 35.1 Å². The highest BCUT2D eigenvalue weighted by Crippen LogP contribution is 2.30. The summed E-state index contributed by atoms with van der Waals surface area (Å²) in [6.07, 6.45) is -4.53. The SMILES string of the molecule is Cc1cc(=O)c(C(=O)NCCC(=O)NC(C)C)nn1-c1cccc(C(F)(F)F)c1. The van der Waals surface area contributed by atoms with Crippen LogP contribution in [0.1, 0.15) is 42.0 Å². The first kappa shape index (κ1) is 22.1. The van der Waals surface area contributed by atoms with Crippen LogP contribution < -0.4 is 16.1 Å². The van der Waals surface area contributed by atoms with Crippen LogP contribution in [0.5, 0.6) is 0 Å². The van der Waals surface area contributed by atoms with Crippen molar-refractivity contribution in [2.75, 3.05) is 6.54 Å². The lowest BCUT2D eigenvalue weighted by atomic mass is 10.2. The number of alkyl halides is 3. The van der Waals surface area contributed by atoms with Crippen LogP contribution in [0.25, 0.3) is 5.69 Å². The Morgan fingerprint density at radius 1 is 1.21 bits per heavy atom. The fourth-order valence-corrected chi connectivity index (χ4v) is 2.55. The lowest BCUT2D eigenvalue weighted by Gasteiger charge is -2.13. The maximum absolute atomic E-state index is 13.0. The smallest absolute Gasteiger partial charge is 0.354 e. The first-order valence-electron chi connectivity index (χ1n) is 8.85. The van der Waals surface area contributed by atoms with Gasteiger partial charge in [-0.15, -0.1) is 0 Å². The molecule has 1 aromatic heterocycles. The number of rotatable bonds is 6. The fourth-order valence-electron chi connectivity index (χ4n) is 2.55. The normalized spacial score (nSPS) is 11.4. The lowest BCUT2D eigenvalue weighted by molar-refractivity contribution is -0.137. The number of halogens is 3. The summed E-state index contributed by atoms with van der Waals surface area (Å²) in [6, 6.07) is 5.46. The molecule has 2 amide bonds. The Morgan fingerprint density at radius 3 is 2.52 bits per heavy atom. The maximum Gasteiger partial charge on any atom is 0.416 e. The number of nitrogens with zero attached hydrogens (tertiary/aromatic N) is 2. The molecule has 0 unspecified atom stereocenters. The standard InChI is InChI=1S/C19H21F3N4O3/c1-11(2)24-16(28)7-8-23-18(29)17-15(27)9-12(3)26(25-17)14-6-4-5-13(10-14)19(20,21)22/h4-6,9-11H,7-8H2,1-3H3,(H,23,29)(H,24,28). The molecule has 2 N–H and O–H groups in total. The predicted octanol–water partition coefficient (Wildman–Crippen LogP) is 2.20. The van der Waals surface area contributed by atoms with Gasteiger partial charge in [0, 0.05) is 30.8 Å². The van der Waals surface area contributed by atoms with E-state index in [-0.39, 0.29) is 36.3 Å². The summed E-state index contributed by atoms with van der Waals surface area (Å²) in [5, 5.41) is 9.02. The topological polar surface area (TPSA) is 93.1 Å². The summed E-state index contributed by atoms with van der Waals surface area (Å²) >= 11 is 0. The summed E-state index contributed by atoms with van der Waals surface area (Å²) in [7, 11) is 0. The molecule has 2 aromatic rings. The Labute approximate surface area is 164 Å². The maximum atomic E-state index is 13.0. The van der Waals surface area contributed by atoms with E-state index in [9.17, 15) is 27.6 Å². The van der Waals surface area contributed by atoms with E-state index in [1.54, 1.807) is 13.8 Å². The quantitative estimate of drug-likeness (QED) is 0.764. The van der Waals surface area contributed by atoms with Gasteiger partial charge in [-0.05, 0) is 39.0 Å². The van der Waals surface area contributed by atoms with Crippen molar-refractivity contribution in [3.63, 3.8) is 0 Å². The van der Waals surface area contributed by atoms with Gasteiger partial charge >= 0.3 is 6.18 Å². The number of benzene rings is 1. The molecule has 0 atom stereocenters. The Hall–Kier alpha value is -3.17. The number of carbonyl (C=O) groups excluding carboxylic acids is 2. The molecule has 7 nitrogen and oxygen atoms in total. The Kier molecular flexibility index (Phi) is 6.78. The molecule has 2 rings (SSSR count). The minimum Gasteiger partial charge on any atom is -0.354 e. The Balaban J connectivity index is 2.24. The molecule has 156 valence electrons. The van der Waals surface area contributed by atoms with Gasteiger partial charge in [-0.25, -0.2) is 4.68 Å². The molecule has 1 aromatic carbocycles. The number of aryl methyl sites for hydroxylation is 1. The minimum atomic E-state index is -4.54. The van der Waals surface area contributed by atoms with Gasteiger partial charge in [-0.2, -0.15) is 18.3 Å². The van der Waals surface area contributed by atoms with Gasteiger partial charge in [0.25, 0.3) is 5.91 Å². The van der Waals surface area contributed by atoms with E-state index in [1.165, 1.54) is 19.1 Å². The van der Waals surface area contributed by atoms with E-state index in [0.717, 1.165) is 22.9 Å². The summed E-state index contributed by atoms with van der Waals surface area (Å²) in [5.41, 5.74) is -1.70. The van der Waals surface area contributed by atoms with Crippen molar-refractivity contribution in [3.8, 4) is 5.69 Å². The van der Waals surface area contributed by atoms with Crippen molar-refractivity contribution in [3.05, 3.63) is 57.5 Å². The van der Waals surface area contributed by atoms with Gasteiger partial charge in [-0.1, -0.05) is 6.07 Å². The van der Waals surface area contributed by atoms with Crippen LogP contribution in [0.4, 0.5) is 13.2 Å². The van der Waals surface area contributed by atoms with Crippen molar-refractivity contribution >= 4 is 11.8 Å². The third-order valence-electron chi connectivity index (χ3n) is 3.83. The second kappa shape index (κ2) is 8.89. The van der Waals surface area contributed by atoms with E-state index < -0.39 is 28.8 Å². The number of hydrogen-bond donors (Lipinski definition) is 2. The summed E-state index contributed by atoms with van der Waals surface area (Å²) in [4.78, 5) is 36.0. The molecule has 29 heavy (non-hydrogen) atoms. The molecule has 0 spiro atoms. The largest absolute Gasteiger partial charge is 0.416 e. The van der Waals surface area contributed by atoms with Gasteiger partial charge in [0.1, 0.15) is 0 Å². The molecule has 0 radical (unpaired) electrons. The van der Waals surface area contributed by atoms with E-state index in [2.05, 4.69) is 15.7 Å². The second-order valence-corrected chi connectivity index (χ2v) is 6.69. The van der Waals surface area contributed by atoms with Gasteiger partial charge in [0.15, 0.2) is 5.69 Å². The first-order chi connectivity index (χ1) is 13.5. The molecular formula is C19H21F3N4O3. The zero-order chi connectivity index (χ0) is 21.8. The highest BCUT2D eigenvalue weighted by Gasteiger charge is 2.30. The van der Waals surface area contributed by atoms with Crippen LogP contribution in [-0.4, -0.2) is 34.2 Å². The molecule has 0 aliphatic rings. The van der Waals surface area contributed by atoms with Crippen molar-refractivity contribution in [1.82, 2.24) is 20.4 Å². The molecule has 10 heteroatoms. The molecule has 0 saturated carbocycles. The minimum absolute atomic E-state index is 0.0115. The zero-order valence-corrected chi connectivity index (χ0v) is 16.1. The lowest BCUT2D eigenvalue weighted by Crippen LogP contribution is -2.36. The van der Waals surface area contributed by atoms with Crippen LogP contribution in [0.2, 0.25) is 0 Å². The van der Waals surface area contributed by atoms with Crippen molar-refractivity contribution in [2.24, 2.45) is 0 Å². The number of aromatic nitrogens is 2. The number of amides is 2. The van der Waals surface area contributed by atoms with E-state index in [0.29, 0.717) is 0 Å².